The third-order valence-electron chi connectivity index (χ3n) is 7.77. The number of likely N-dealkylation sites (tertiary alicyclic amines) is 1. The molecule has 0 spiro atoms. The number of amides is 3. The number of hydrogen-bond donors (Lipinski definition) is 1. The van der Waals surface area contributed by atoms with Gasteiger partial charge in [0, 0.05) is 17.2 Å². The standard InChI is InChI=1S/C26H27N3O3S/c1-15-5-10-19-20(13-15)33-22(28-19)16-6-8-17(9-7-16)27-21(30)14-29-23(31)18-11-12-26(4,24(29)32)25(18,2)3/h5-10,13,18H,11-12,14H2,1-4H3,(H,27,30). The summed E-state index contributed by atoms with van der Waals surface area (Å²) in [7, 11) is 0. The first-order chi connectivity index (χ1) is 15.6. The Balaban J connectivity index is 1.28. The van der Waals surface area contributed by atoms with Gasteiger partial charge in [0.1, 0.15) is 11.6 Å². The van der Waals surface area contributed by atoms with Gasteiger partial charge >= 0.3 is 0 Å². The number of rotatable bonds is 4. The van der Waals surface area contributed by atoms with Crippen molar-refractivity contribution in [1.82, 2.24) is 9.88 Å². The zero-order chi connectivity index (χ0) is 23.5. The summed E-state index contributed by atoms with van der Waals surface area (Å²) >= 11 is 1.63. The van der Waals surface area contributed by atoms with Crippen LogP contribution in [0.25, 0.3) is 20.8 Å². The van der Waals surface area contributed by atoms with E-state index < -0.39 is 5.41 Å². The molecule has 3 aromatic rings. The first kappa shape index (κ1) is 21.8. The van der Waals surface area contributed by atoms with E-state index in [1.54, 1.807) is 11.3 Å². The number of benzene rings is 2. The van der Waals surface area contributed by atoms with Crippen LogP contribution in [0, 0.1) is 23.7 Å². The van der Waals surface area contributed by atoms with Gasteiger partial charge in [0.25, 0.3) is 0 Å². The lowest BCUT2D eigenvalue weighted by atomic mass is 9.62. The maximum atomic E-state index is 13.1. The molecule has 1 N–H and O–H groups in total. The molecule has 1 aromatic heterocycles. The molecule has 1 saturated carbocycles. The first-order valence-corrected chi connectivity index (χ1v) is 12.0. The Bertz CT molecular complexity index is 1290. The van der Waals surface area contributed by atoms with Gasteiger partial charge in [-0.2, -0.15) is 0 Å². The molecule has 2 heterocycles. The Morgan fingerprint density at radius 2 is 1.88 bits per heavy atom. The van der Waals surface area contributed by atoms with Crippen molar-refractivity contribution in [3.05, 3.63) is 48.0 Å². The molecule has 6 nitrogen and oxygen atoms in total. The molecule has 1 saturated heterocycles. The van der Waals surface area contributed by atoms with Crippen LogP contribution in [0.5, 0.6) is 0 Å². The van der Waals surface area contributed by atoms with Gasteiger partial charge in [-0.25, -0.2) is 4.98 Å². The third-order valence-corrected chi connectivity index (χ3v) is 8.84. The van der Waals surface area contributed by atoms with Crippen molar-refractivity contribution in [3.63, 3.8) is 0 Å². The predicted molar refractivity (Wildman–Crippen MR) is 130 cm³/mol. The largest absolute Gasteiger partial charge is 0.325 e. The topological polar surface area (TPSA) is 79.4 Å². The van der Waals surface area contributed by atoms with Gasteiger partial charge in [-0.1, -0.05) is 26.8 Å². The van der Waals surface area contributed by atoms with Crippen LogP contribution in [0.3, 0.4) is 0 Å². The lowest BCUT2D eigenvalue weighted by Gasteiger charge is -2.47. The summed E-state index contributed by atoms with van der Waals surface area (Å²) in [5.41, 5.74) is 2.77. The van der Waals surface area contributed by atoms with E-state index in [9.17, 15) is 14.4 Å². The number of aromatic nitrogens is 1. The Hall–Kier alpha value is -3.06. The number of carbonyl (C=O) groups is 3. The van der Waals surface area contributed by atoms with E-state index in [-0.39, 0.29) is 35.6 Å². The number of nitrogens with one attached hydrogen (secondary N) is 1. The molecule has 1 aliphatic heterocycles. The van der Waals surface area contributed by atoms with E-state index in [2.05, 4.69) is 24.4 Å². The molecule has 0 radical (unpaired) electrons. The van der Waals surface area contributed by atoms with Crippen LogP contribution in [-0.4, -0.2) is 34.2 Å². The normalized spacial score (nSPS) is 23.9. The van der Waals surface area contributed by atoms with E-state index in [4.69, 9.17) is 4.98 Å². The molecule has 170 valence electrons. The van der Waals surface area contributed by atoms with E-state index in [0.717, 1.165) is 25.7 Å². The minimum Gasteiger partial charge on any atom is -0.325 e. The predicted octanol–water partition coefficient (Wildman–Crippen LogP) is 5.02. The second kappa shape index (κ2) is 7.48. The molecule has 2 aliphatic rings. The van der Waals surface area contributed by atoms with Crippen molar-refractivity contribution in [1.29, 1.82) is 0 Å². The highest BCUT2D eigenvalue weighted by molar-refractivity contribution is 7.21. The lowest BCUT2D eigenvalue weighted by molar-refractivity contribution is -0.168. The summed E-state index contributed by atoms with van der Waals surface area (Å²) in [5.74, 6) is -1.05. The zero-order valence-corrected chi connectivity index (χ0v) is 20.1. The van der Waals surface area contributed by atoms with Gasteiger partial charge in [-0.3, -0.25) is 19.3 Å². The smallest absolute Gasteiger partial charge is 0.244 e. The Labute approximate surface area is 197 Å². The van der Waals surface area contributed by atoms with Crippen molar-refractivity contribution < 1.29 is 14.4 Å². The van der Waals surface area contributed by atoms with Crippen molar-refractivity contribution in [2.45, 2.75) is 40.5 Å². The van der Waals surface area contributed by atoms with Crippen molar-refractivity contribution in [2.75, 3.05) is 11.9 Å². The average molecular weight is 462 g/mol. The van der Waals surface area contributed by atoms with Gasteiger partial charge < -0.3 is 5.32 Å². The molecule has 2 fully saturated rings. The maximum Gasteiger partial charge on any atom is 0.244 e. The summed E-state index contributed by atoms with van der Waals surface area (Å²) in [4.78, 5) is 44.7. The van der Waals surface area contributed by atoms with E-state index in [1.165, 1.54) is 5.56 Å². The molecule has 3 amide bonds. The third kappa shape index (κ3) is 3.37. The fourth-order valence-corrected chi connectivity index (χ4v) is 6.32. The fraction of sp³-hybridized carbons (Fsp3) is 0.385. The molecule has 33 heavy (non-hydrogen) atoms. The molecule has 7 heteroatoms. The molecule has 2 aromatic carbocycles. The van der Waals surface area contributed by atoms with Crippen molar-refractivity contribution in [3.8, 4) is 10.6 Å². The summed E-state index contributed by atoms with van der Waals surface area (Å²) in [6.45, 7) is 7.72. The van der Waals surface area contributed by atoms with Crippen molar-refractivity contribution in [2.24, 2.45) is 16.7 Å². The first-order valence-electron chi connectivity index (χ1n) is 11.2. The van der Waals surface area contributed by atoms with E-state index >= 15 is 0 Å². The van der Waals surface area contributed by atoms with Gasteiger partial charge in [-0.15, -0.1) is 11.3 Å². The SMILES string of the molecule is Cc1ccc2nc(-c3ccc(NC(=O)CN4C(=O)C5CCC(C)(C4=O)C5(C)C)cc3)sc2c1. The number of anilines is 1. The summed E-state index contributed by atoms with van der Waals surface area (Å²) in [6, 6.07) is 13.7. The monoisotopic (exact) mass is 461 g/mol. The molecule has 5 rings (SSSR count). The summed E-state index contributed by atoms with van der Waals surface area (Å²) in [5, 5.41) is 3.74. The lowest BCUT2D eigenvalue weighted by Crippen LogP contribution is -2.60. The van der Waals surface area contributed by atoms with Crippen LogP contribution in [-0.2, 0) is 14.4 Å². The number of nitrogens with zero attached hydrogens (tertiary/aromatic N) is 2. The highest BCUT2D eigenvalue weighted by Gasteiger charge is 2.64. The van der Waals surface area contributed by atoms with Crippen LogP contribution in [0.15, 0.2) is 42.5 Å². The molecular formula is C26H27N3O3S. The minimum atomic E-state index is -0.608. The van der Waals surface area contributed by atoms with Crippen molar-refractivity contribution >= 4 is 45.0 Å². The number of aryl methyl sites for hydroxylation is 1. The molecule has 2 unspecified atom stereocenters. The maximum absolute atomic E-state index is 13.1. The Morgan fingerprint density at radius 3 is 2.61 bits per heavy atom. The number of hydrogen-bond acceptors (Lipinski definition) is 5. The van der Waals surface area contributed by atoms with E-state index in [1.807, 2.05) is 51.1 Å². The number of carbonyl (C=O) groups excluding carboxylic acids is 3. The Morgan fingerprint density at radius 1 is 1.15 bits per heavy atom. The van der Waals surface area contributed by atoms with Gasteiger partial charge in [0.05, 0.1) is 15.6 Å². The number of imide groups is 1. The van der Waals surface area contributed by atoms with Crippen LogP contribution in [0.4, 0.5) is 5.69 Å². The average Bonchev–Trinajstić information content (AvgIpc) is 3.26. The van der Waals surface area contributed by atoms with Crippen LogP contribution < -0.4 is 5.32 Å². The quantitative estimate of drug-likeness (QED) is 0.553. The summed E-state index contributed by atoms with van der Waals surface area (Å²) in [6.07, 6.45) is 1.37. The zero-order valence-electron chi connectivity index (χ0n) is 19.3. The fourth-order valence-electron chi connectivity index (χ4n) is 5.25. The van der Waals surface area contributed by atoms with E-state index in [0.29, 0.717) is 18.5 Å². The highest BCUT2D eigenvalue weighted by atomic mass is 32.1. The van der Waals surface area contributed by atoms with Crippen LogP contribution in [0.2, 0.25) is 0 Å². The molecule has 1 aliphatic carbocycles. The second-order valence-corrected chi connectivity index (χ2v) is 11.0. The van der Waals surface area contributed by atoms with Crippen LogP contribution in [0.1, 0.15) is 39.2 Å². The molecule has 2 atom stereocenters. The minimum absolute atomic E-state index is 0.218. The number of thiazole rings is 1. The Kier molecular flexibility index (Phi) is 4.94. The van der Waals surface area contributed by atoms with Gasteiger partial charge in [-0.05, 0) is 67.1 Å². The van der Waals surface area contributed by atoms with Gasteiger partial charge in [0.2, 0.25) is 17.7 Å². The molecular weight excluding hydrogens is 434 g/mol. The summed E-state index contributed by atoms with van der Waals surface area (Å²) < 4.78 is 1.14. The second-order valence-electron chi connectivity index (χ2n) is 9.99. The molecule has 2 bridgehead atoms. The highest BCUT2D eigenvalue weighted by Crippen LogP contribution is 2.59. The number of fused-ring (bicyclic) bond motifs is 3. The van der Waals surface area contributed by atoms with Gasteiger partial charge in [0.15, 0.2) is 0 Å². The number of piperidine rings is 1. The van der Waals surface area contributed by atoms with Crippen LogP contribution >= 0.6 is 11.3 Å².